The lowest BCUT2D eigenvalue weighted by molar-refractivity contribution is 0.0376. The Labute approximate surface area is 126 Å². The SMILES string of the molecule is Cc1cc(S(=O)(=O)NCCCN2CCOCC2)ccc1N. The number of nitrogen functional groups attached to an aromatic ring is 1. The number of ether oxygens (including phenoxy) is 1. The van der Waals surface area contributed by atoms with Crippen LogP contribution in [0, 0.1) is 6.92 Å². The van der Waals surface area contributed by atoms with E-state index in [9.17, 15) is 8.42 Å². The van der Waals surface area contributed by atoms with Crippen molar-refractivity contribution >= 4 is 15.7 Å². The summed E-state index contributed by atoms with van der Waals surface area (Å²) in [5.74, 6) is 0. The molecule has 3 N–H and O–H groups in total. The molecule has 1 aromatic rings. The minimum Gasteiger partial charge on any atom is -0.399 e. The third kappa shape index (κ3) is 4.67. The Bertz CT molecular complexity index is 569. The molecule has 2 rings (SSSR count). The zero-order valence-electron chi connectivity index (χ0n) is 12.3. The molecule has 0 atom stereocenters. The van der Waals surface area contributed by atoms with Crippen molar-refractivity contribution in [3.05, 3.63) is 23.8 Å². The van der Waals surface area contributed by atoms with Gasteiger partial charge in [0.05, 0.1) is 18.1 Å². The van der Waals surface area contributed by atoms with E-state index >= 15 is 0 Å². The minimum atomic E-state index is -3.45. The number of sulfonamides is 1. The molecule has 7 heteroatoms. The van der Waals surface area contributed by atoms with Gasteiger partial charge in [-0.25, -0.2) is 13.1 Å². The van der Waals surface area contributed by atoms with Gasteiger partial charge in [0.15, 0.2) is 0 Å². The maximum Gasteiger partial charge on any atom is 0.240 e. The fourth-order valence-electron chi connectivity index (χ4n) is 2.23. The van der Waals surface area contributed by atoms with E-state index in [1.807, 2.05) is 0 Å². The Kier molecular flexibility index (Phi) is 5.58. The van der Waals surface area contributed by atoms with Gasteiger partial charge in [-0.3, -0.25) is 4.90 Å². The van der Waals surface area contributed by atoms with E-state index in [1.165, 1.54) is 6.07 Å². The lowest BCUT2D eigenvalue weighted by Gasteiger charge is -2.26. The summed E-state index contributed by atoms with van der Waals surface area (Å²) in [4.78, 5) is 2.55. The fraction of sp³-hybridized carbons (Fsp3) is 0.571. The first-order valence-electron chi connectivity index (χ1n) is 7.15. The highest BCUT2D eigenvalue weighted by atomic mass is 32.2. The zero-order chi connectivity index (χ0) is 15.3. The van der Waals surface area contributed by atoms with E-state index in [2.05, 4.69) is 9.62 Å². The topological polar surface area (TPSA) is 84.7 Å². The number of nitrogens with zero attached hydrogens (tertiary/aromatic N) is 1. The Morgan fingerprint density at radius 2 is 2.05 bits per heavy atom. The van der Waals surface area contributed by atoms with E-state index in [4.69, 9.17) is 10.5 Å². The summed E-state index contributed by atoms with van der Waals surface area (Å²) in [5, 5.41) is 0. The first-order valence-corrected chi connectivity index (χ1v) is 8.63. The maximum atomic E-state index is 12.2. The second-order valence-corrected chi connectivity index (χ2v) is 6.99. The summed E-state index contributed by atoms with van der Waals surface area (Å²) < 4.78 is 32.2. The second-order valence-electron chi connectivity index (χ2n) is 5.22. The smallest absolute Gasteiger partial charge is 0.240 e. The summed E-state index contributed by atoms with van der Waals surface area (Å²) in [6.07, 6.45) is 0.785. The van der Waals surface area contributed by atoms with Crippen molar-refractivity contribution < 1.29 is 13.2 Å². The number of hydrogen-bond acceptors (Lipinski definition) is 5. The summed E-state index contributed by atoms with van der Waals surface area (Å²) in [6, 6.07) is 4.75. The minimum absolute atomic E-state index is 0.264. The van der Waals surface area contributed by atoms with Gasteiger partial charge in [-0.15, -0.1) is 0 Å². The van der Waals surface area contributed by atoms with Gasteiger partial charge in [-0.05, 0) is 43.7 Å². The molecule has 21 heavy (non-hydrogen) atoms. The molecular formula is C14H23N3O3S. The van der Waals surface area contributed by atoms with Crippen LogP contribution in [0.1, 0.15) is 12.0 Å². The first kappa shape index (κ1) is 16.2. The van der Waals surface area contributed by atoms with Gasteiger partial charge in [0.2, 0.25) is 10.0 Å². The van der Waals surface area contributed by atoms with Crippen LogP contribution in [-0.4, -0.2) is 52.7 Å². The molecule has 0 saturated carbocycles. The monoisotopic (exact) mass is 313 g/mol. The van der Waals surface area contributed by atoms with Crippen molar-refractivity contribution in [3.63, 3.8) is 0 Å². The van der Waals surface area contributed by atoms with Crippen molar-refractivity contribution in [2.45, 2.75) is 18.2 Å². The second kappa shape index (κ2) is 7.22. The van der Waals surface area contributed by atoms with Crippen LogP contribution in [0.4, 0.5) is 5.69 Å². The van der Waals surface area contributed by atoms with Crippen LogP contribution in [0.15, 0.2) is 23.1 Å². The molecule has 0 unspecified atom stereocenters. The third-order valence-electron chi connectivity index (χ3n) is 3.60. The molecule has 0 bridgehead atoms. The number of aryl methyl sites for hydroxylation is 1. The zero-order valence-corrected chi connectivity index (χ0v) is 13.2. The summed E-state index contributed by atoms with van der Waals surface area (Å²) in [6.45, 7) is 6.48. The largest absolute Gasteiger partial charge is 0.399 e. The summed E-state index contributed by atoms with van der Waals surface area (Å²) in [5.41, 5.74) is 7.07. The number of hydrogen-bond donors (Lipinski definition) is 2. The number of rotatable bonds is 6. The number of anilines is 1. The van der Waals surface area contributed by atoms with E-state index in [0.717, 1.165) is 44.8 Å². The van der Waals surface area contributed by atoms with Gasteiger partial charge < -0.3 is 10.5 Å². The van der Waals surface area contributed by atoms with Crippen molar-refractivity contribution in [3.8, 4) is 0 Å². The number of nitrogens with two attached hydrogens (primary N) is 1. The van der Waals surface area contributed by atoms with Gasteiger partial charge in [0.25, 0.3) is 0 Å². The lowest BCUT2D eigenvalue weighted by atomic mass is 10.2. The van der Waals surface area contributed by atoms with Crippen LogP contribution in [0.2, 0.25) is 0 Å². The summed E-state index contributed by atoms with van der Waals surface area (Å²) >= 11 is 0. The van der Waals surface area contributed by atoms with Crippen molar-refractivity contribution in [2.24, 2.45) is 0 Å². The molecule has 1 aliphatic heterocycles. The Hall–Kier alpha value is -1.15. The van der Waals surface area contributed by atoms with Gasteiger partial charge in [-0.2, -0.15) is 0 Å². The Morgan fingerprint density at radius 3 is 2.71 bits per heavy atom. The van der Waals surface area contributed by atoms with Crippen LogP contribution in [0.3, 0.4) is 0 Å². The molecule has 6 nitrogen and oxygen atoms in total. The molecular weight excluding hydrogens is 290 g/mol. The number of nitrogens with one attached hydrogen (secondary N) is 1. The van der Waals surface area contributed by atoms with Crippen LogP contribution in [0.25, 0.3) is 0 Å². The van der Waals surface area contributed by atoms with E-state index in [-0.39, 0.29) is 4.90 Å². The fourth-order valence-corrected chi connectivity index (χ4v) is 3.39. The van der Waals surface area contributed by atoms with Gasteiger partial charge in [0, 0.05) is 25.3 Å². The molecule has 1 aromatic carbocycles. The number of benzene rings is 1. The van der Waals surface area contributed by atoms with Crippen molar-refractivity contribution in [1.29, 1.82) is 0 Å². The normalized spacial score (nSPS) is 17.0. The standard InChI is InChI=1S/C14H23N3O3S/c1-12-11-13(3-4-14(12)15)21(18,19)16-5-2-6-17-7-9-20-10-8-17/h3-4,11,16H,2,5-10,15H2,1H3. The van der Waals surface area contributed by atoms with Gasteiger partial charge in [0.1, 0.15) is 0 Å². The van der Waals surface area contributed by atoms with Gasteiger partial charge in [-0.1, -0.05) is 0 Å². The first-order chi connectivity index (χ1) is 9.99. The van der Waals surface area contributed by atoms with Crippen molar-refractivity contribution in [1.82, 2.24) is 9.62 Å². The highest BCUT2D eigenvalue weighted by Crippen LogP contribution is 2.16. The molecule has 0 aliphatic carbocycles. The maximum absolute atomic E-state index is 12.2. The molecule has 0 aromatic heterocycles. The van der Waals surface area contributed by atoms with Gasteiger partial charge >= 0.3 is 0 Å². The molecule has 118 valence electrons. The van der Waals surface area contributed by atoms with Crippen LogP contribution in [0.5, 0.6) is 0 Å². The Balaban J connectivity index is 1.82. The molecule has 1 heterocycles. The van der Waals surface area contributed by atoms with E-state index in [0.29, 0.717) is 12.2 Å². The van der Waals surface area contributed by atoms with E-state index in [1.54, 1.807) is 19.1 Å². The molecule has 1 aliphatic rings. The number of morpholine rings is 1. The predicted molar refractivity (Wildman–Crippen MR) is 82.7 cm³/mol. The lowest BCUT2D eigenvalue weighted by Crippen LogP contribution is -2.38. The molecule has 0 amide bonds. The predicted octanol–water partition coefficient (Wildman–Crippen LogP) is 0.578. The molecule has 0 radical (unpaired) electrons. The molecule has 0 spiro atoms. The van der Waals surface area contributed by atoms with Crippen LogP contribution >= 0.6 is 0 Å². The van der Waals surface area contributed by atoms with Crippen LogP contribution in [-0.2, 0) is 14.8 Å². The Morgan fingerprint density at radius 1 is 1.33 bits per heavy atom. The van der Waals surface area contributed by atoms with Crippen molar-refractivity contribution in [2.75, 3.05) is 45.1 Å². The van der Waals surface area contributed by atoms with Crippen LogP contribution < -0.4 is 10.5 Å². The average molecular weight is 313 g/mol. The highest BCUT2D eigenvalue weighted by molar-refractivity contribution is 7.89. The molecule has 1 fully saturated rings. The third-order valence-corrected chi connectivity index (χ3v) is 5.06. The molecule has 1 saturated heterocycles. The quantitative estimate of drug-likeness (QED) is 0.593. The highest BCUT2D eigenvalue weighted by Gasteiger charge is 2.15. The van der Waals surface area contributed by atoms with E-state index < -0.39 is 10.0 Å². The average Bonchev–Trinajstić information content (AvgIpc) is 2.47. The summed E-state index contributed by atoms with van der Waals surface area (Å²) in [7, 11) is -3.45.